The number of nitrogens with one attached hydrogen (secondary N) is 2. The van der Waals surface area contributed by atoms with Crippen molar-refractivity contribution in [3.8, 4) is 5.75 Å². The van der Waals surface area contributed by atoms with Crippen LogP contribution in [0.5, 0.6) is 5.75 Å². The quantitative estimate of drug-likeness (QED) is 0.283. The predicted octanol–water partition coefficient (Wildman–Crippen LogP) is 2.78. The highest BCUT2D eigenvalue weighted by molar-refractivity contribution is 9.09. The van der Waals surface area contributed by atoms with E-state index in [1.165, 1.54) is 0 Å². The largest absolute Gasteiger partial charge is 0.494 e. The molecule has 0 saturated carbocycles. The van der Waals surface area contributed by atoms with E-state index in [2.05, 4.69) is 36.9 Å². The maximum atomic E-state index is 14.2. The summed E-state index contributed by atoms with van der Waals surface area (Å²) in [5, 5.41) is 24.4. The van der Waals surface area contributed by atoms with Crippen molar-refractivity contribution in [2.75, 3.05) is 18.5 Å². The Balaban J connectivity index is 1.29. The van der Waals surface area contributed by atoms with E-state index in [1.54, 1.807) is 45.6 Å². The number of amides is 3. The van der Waals surface area contributed by atoms with Gasteiger partial charge in [0.05, 0.1) is 41.4 Å². The number of rotatable bonds is 10. The van der Waals surface area contributed by atoms with Crippen molar-refractivity contribution in [3.05, 3.63) is 48.5 Å². The monoisotopic (exact) mass is 656 g/mol. The van der Waals surface area contributed by atoms with Crippen molar-refractivity contribution < 1.29 is 24.2 Å². The van der Waals surface area contributed by atoms with Crippen LogP contribution in [0, 0.1) is 11.8 Å². The number of thioether (sulfide) groups is 1. The van der Waals surface area contributed by atoms with Crippen LogP contribution in [0.15, 0.2) is 48.5 Å². The predicted molar refractivity (Wildman–Crippen MR) is 162 cm³/mol. The minimum Gasteiger partial charge on any atom is -0.494 e. The Bertz CT molecular complexity index is 1500. The number of carbonyl (C=O) groups is 3. The molecule has 222 valence electrons. The topological polar surface area (TPSA) is 139 Å². The van der Waals surface area contributed by atoms with Crippen LogP contribution in [0.4, 0.5) is 5.69 Å². The maximum absolute atomic E-state index is 14.2. The van der Waals surface area contributed by atoms with Gasteiger partial charge in [-0.05, 0) is 56.2 Å². The van der Waals surface area contributed by atoms with Crippen LogP contribution in [0.1, 0.15) is 26.7 Å². The Morgan fingerprint density at radius 2 is 1.95 bits per heavy atom. The summed E-state index contributed by atoms with van der Waals surface area (Å²) in [6.45, 7) is 4.11. The maximum Gasteiger partial charge on any atom is 0.245 e. The number of para-hydroxylation sites is 1. The first-order valence-electron chi connectivity index (χ1n) is 14.2. The first kappa shape index (κ1) is 28.9. The van der Waals surface area contributed by atoms with Crippen molar-refractivity contribution in [3.63, 3.8) is 0 Å². The van der Waals surface area contributed by atoms with Crippen LogP contribution in [0.3, 0.4) is 0 Å². The van der Waals surface area contributed by atoms with Crippen molar-refractivity contribution in [2.24, 2.45) is 11.8 Å². The number of aliphatic hydroxyl groups is 1. The van der Waals surface area contributed by atoms with Gasteiger partial charge in [-0.2, -0.15) is 0 Å². The molecular formula is C29H33BrN6O5S. The first-order valence-corrected chi connectivity index (χ1v) is 16.0. The van der Waals surface area contributed by atoms with Gasteiger partial charge in [0, 0.05) is 15.8 Å². The molecular weight excluding hydrogens is 624 g/mol. The molecule has 0 radical (unpaired) electrons. The molecule has 3 amide bonds. The summed E-state index contributed by atoms with van der Waals surface area (Å²) in [5.74, 6) is -1.50. The average molecular weight is 658 g/mol. The van der Waals surface area contributed by atoms with Crippen molar-refractivity contribution >= 4 is 62.1 Å². The summed E-state index contributed by atoms with van der Waals surface area (Å²) >= 11 is 5.34. The number of hydrogen-bond donors (Lipinski definition) is 3. The molecule has 2 bridgehead atoms. The lowest BCUT2D eigenvalue weighted by Crippen LogP contribution is -2.57. The molecule has 4 heterocycles. The van der Waals surface area contributed by atoms with Gasteiger partial charge in [0.15, 0.2) is 0 Å². The van der Waals surface area contributed by atoms with Gasteiger partial charge in [-0.15, -0.1) is 16.9 Å². The van der Waals surface area contributed by atoms with Gasteiger partial charge in [0.1, 0.15) is 24.0 Å². The number of nitrogens with zero attached hydrogens (tertiary/aromatic N) is 4. The molecule has 3 N–H and O–H groups in total. The Labute approximate surface area is 255 Å². The molecule has 7 atom stereocenters. The number of likely N-dealkylation sites (tertiary alicyclic amines) is 1. The number of ether oxygens (including phenoxy) is 1. The van der Waals surface area contributed by atoms with E-state index in [-0.39, 0.29) is 41.1 Å². The van der Waals surface area contributed by atoms with Crippen LogP contribution in [-0.2, 0) is 21.1 Å². The molecule has 3 aromatic rings. The Kier molecular flexibility index (Phi) is 7.92. The molecule has 3 aliphatic heterocycles. The average Bonchev–Trinajstić information content (AvgIpc) is 3.71. The van der Waals surface area contributed by atoms with E-state index < -0.39 is 28.7 Å². The molecule has 3 saturated heterocycles. The second-order valence-corrected chi connectivity index (χ2v) is 13.6. The summed E-state index contributed by atoms with van der Waals surface area (Å²) in [7, 11) is 0. The third-order valence-corrected chi connectivity index (χ3v) is 11.8. The van der Waals surface area contributed by atoms with Gasteiger partial charge in [0.2, 0.25) is 17.7 Å². The van der Waals surface area contributed by atoms with Crippen molar-refractivity contribution in [2.45, 2.75) is 60.3 Å². The van der Waals surface area contributed by atoms with Crippen LogP contribution < -0.4 is 15.4 Å². The molecule has 1 spiro atoms. The number of anilines is 1. The number of aromatic nitrogens is 3. The van der Waals surface area contributed by atoms with E-state index in [9.17, 15) is 19.5 Å². The third kappa shape index (κ3) is 4.65. The number of hydrogen-bond acceptors (Lipinski definition) is 8. The van der Waals surface area contributed by atoms with Crippen molar-refractivity contribution in [1.82, 2.24) is 25.2 Å². The second kappa shape index (κ2) is 11.5. The first-order chi connectivity index (χ1) is 20.3. The van der Waals surface area contributed by atoms with E-state index in [4.69, 9.17) is 4.74 Å². The minimum absolute atomic E-state index is 0.0636. The number of aliphatic hydroxyl groups excluding tert-OH is 1. The molecule has 1 aromatic heterocycles. The van der Waals surface area contributed by atoms with Crippen LogP contribution in [0.25, 0.3) is 11.0 Å². The molecule has 42 heavy (non-hydrogen) atoms. The zero-order valence-electron chi connectivity index (χ0n) is 23.3. The number of benzene rings is 2. The number of carbonyl (C=O) groups excluding carboxylic acids is 3. The number of alkyl halides is 1. The van der Waals surface area contributed by atoms with Crippen LogP contribution in [-0.4, -0.2) is 82.8 Å². The summed E-state index contributed by atoms with van der Waals surface area (Å²) in [5.41, 5.74) is 2.09. The lowest BCUT2D eigenvalue weighted by atomic mass is 9.70. The van der Waals surface area contributed by atoms with Gasteiger partial charge in [-0.3, -0.25) is 14.4 Å². The van der Waals surface area contributed by atoms with Crippen molar-refractivity contribution in [1.29, 1.82) is 0 Å². The van der Waals surface area contributed by atoms with E-state index in [1.807, 2.05) is 38.1 Å². The van der Waals surface area contributed by atoms with Gasteiger partial charge in [0.25, 0.3) is 0 Å². The number of halogens is 1. The highest BCUT2D eigenvalue weighted by Gasteiger charge is 2.76. The summed E-state index contributed by atoms with van der Waals surface area (Å²) in [6.07, 6.45) is 1.02. The summed E-state index contributed by atoms with van der Waals surface area (Å²) < 4.78 is 6.28. The molecule has 3 unspecified atom stereocenters. The fourth-order valence-corrected chi connectivity index (χ4v) is 10.4. The highest BCUT2D eigenvalue weighted by atomic mass is 79.9. The van der Waals surface area contributed by atoms with E-state index in [0.717, 1.165) is 5.52 Å². The normalized spacial score (nSPS) is 28.6. The van der Waals surface area contributed by atoms with E-state index >= 15 is 0 Å². The Morgan fingerprint density at radius 1 is 1.19 bits per heavy atom. The lowest BCUT2D eigenvalue weighted by molar-refractivity contribution is -0.142. The Morgan fingerprint density at radius 3 is 2.67 bits per heavy atom. The zero-order chi connectivity index (χ0) is 29.6. The fourth-order valence-electron chi connectivity index (χ4n) is 6.78. The second-order valence-electron chi connectivity index (χ2n) is 10.9. The summed E-state index contributed by atoms with van der Waals surface area (Å²) in [4.78, 5) is 43.6. The van der Waals surface area contributed by atoms with Gasteiger partial charge in [-0.1, -0.05) is 40.2 Å². The zero-order valence-corrected chi connectivity index (χ0v) is 25.7. The van der Waals surface area contributed by atoms with Gasteiger partial charge in [-0.25, -0.2) is 4.68 Å². The molecule has 3 fully saturated rings. The minimum atomic E-state index is -0.861. The molecule has 0 aliphatic carbocycles. The standard InChI is InChI=1S/C29H33BrN6O5S/c1-3-17(14-37)36-25(27(39)31-15-35-21-8-6-5-7-20(21)33-34-35)29-13-19(30)24(42-29)22(23(29)28(36)40)26(38)32-16-9-11-18(12-10-16)41-4-2/h5-12,17,19,22-25,37H,3-4,13-15H2,1-2H3,(H,31,39)(H,32,38)/t17-,19?,22-,23-,24-,25?,29?/m0/s1. The molecule has 2 aromatic carbocycles. The smallest absolute Gasteiger partial charge is 0.245 e. The van der Waals surface area contributed by atoms with Crippen LogP contribution >= 0.6 is 27.7 Å². The van der Waals surface area contributed by atoms with Crippen LogP contribution in [0.2, 0.25) is 0 Å². The SMILES string of the molecule is CCOc1ccc(NC(=O)[C@H]2[C@H]3C(=O)N([C@@H](CC)CO)C(C(=O)NCn4nnc5ccccc54)C34CC(Br)[C@@H]2S4)cc1. The molecule has 3 aliphatic rings. The number of fused-ring (bicyclic) bond motifs is 2. The highest BCUT2D eigenvalue weighted by Crippen LogP contribution is 2.68. The molecule has 11 nitrogen and oxygen atoms in total. The van der Waals surface area contributed by atoms with Gasteiger partial charge >= 0.3 is 0 Å². The van der Waals surface area contributed by atoms with E-state index in [0.29, 0.717) is 36.4 Å². The van der Waals surface area contributed by atoms with Gasteiger partial charge < -0.3 is 25.4 Å². The Hall–Kier alpha value is -3.16. The fraction of sp³-hybridized carbons (Fsp3) is 0.483. The summed E-state index contributed by atoms with van der Waals surface area (Å²) in [6, 6.07) is 13.2. The molecule has 13 heteroatoms. The molecule has 6 rings (SSSR count). The lowest BCUT2D eigenvalue weighted by Gasteiger charge is -2.37. The third-order valence-electron chi connectivity index (χ3n) is 8.61.